The van der Waals surface area contributed by atoms with Crippen molar-refractivity contribution in [1.82, 2.24) is 0 Å². The van der Waals surface area contributed by atoms with Gasteiger partial charge in [-0.25, -0.2) is 4.79 Å². The Balaban J connectivity index is 1.75. The number of unbranched alkanes of at least 4 members (excludes halogenated alkanes) is 2. The zero-order valence-electron chi connectivity index (χ0n) is 18.6. The molecule has 0 heterocycles. The van der Waals surface area contributed by atoms with E-state index in [9.17, 15) is 9.90 Å². The highest BCUT2D eigenvalue weighted by Crippen LogP contribution is 2.38. The Morgan fingerprint density at radius 1 is 1.00 bits per heavy atom. The molecule has 30 heavy (non-hydrogen) atoms. The van der Waals surface area contributed by atoms with Crippen molar-refractivity contribution >= 4 is 12.0 Å². The second-order valence-electron chi connectivity index (χ2n) is 8.78. The fourth-order valence-electron chi connectivity index (χ4n) is 4.69. The Morgan fingerprint density at radius 3 is 2.37 bits per heavy atom. The number of carboxylic acid groups (broad SMARTS) is 1. The summed E-state index contributed by atoms with van der Waals surface area (Å²) in [5, 5.41) is 9.66. The maximum absolute atomic E-state index is 11.8. The zero-order chi connectivity index (χ0) is 21.3. The van der Waals surface area contributed by atoms with E-state index in [2.05, 4.69) is 50.3 Å². The average Bonchev–Trinajstić information content (AvgIpc) is 2.78. The topological polar surface area (TPSA) is 37.3 Å². The largest absolute Gasteiger partial charge is 0.478 e. The van der Waals surface area contributed by atoms with E-state index >= 15 is 0 Å². The van der Waals surface area contributed by atoms with Crippen LogP contribution in [0, 0.1) is 5.92 Å². The van der Waals surface area contributed by atoms with Crippen LogP contribution >= 0.6 is 0 Å². The van der Waals surface area contributed by atoms with Crippen LogP contribution in [0.5, 0.6) is 0 Å². The Labute approximate surface area is 182 Å². The highest BCUT2D eigenvalue weighted by molar-refractivity contribution is 5.96. The van der Waals surface area contributed by atoms with Gasteiger partial charge in [-0.3, -0.25) is 0 Å². The highest BCUT2D eigenvalue weighted by atomic mass is 16.4. The Morgan fingerprint density at radius 2 is 1.73 bits per heavy atom. The quantitative estimate of drug-likeness (QED) is 0.456. The molecule has 0 aromatic heterocycles. The van der Waals surface area contributed by atoms with Crippen molar-refractivity contribution in [3.63, 3.8) is 0 Å². The van der Waals surface area contributed by atoms with Gasteiger partial charge in [-0.15, -0.1) is 0 Å². The summed E-state index contributed by atoms with van der Waals surface area (Å²) >= 11 is 0. The molecule has 1 fully saturated rings. The molecule has 1 N–H and O–H groups in total. The predicted octanol–water partition coefficient (Wildman–Crippen LogP) is 8.33. The third-order valence-electron chi connectivity index (χ3n) is 6.55. The first-order chi connectivity index (χ1) is 14.6. The minimum atomic E-state index is -0.872. The summed E-state index contributed by atoms with van der Waals surface area (Å²) in [5.74, 6) is 0.699. The van der Waals surface area contributed by atoms with Crippen LogP contribution in [0.3, 0.4) is 0 Å². The fraction of sp³-hybridized carbons (Fsp3) is 0.464. The molecule has 2 aromatic carbocycles. The summed E-state index contributed by atoms with van der Waals surface area (Å²) in [6.07, 6.45) is 15.7. The normalized spacial score (nSPS) is 19.3. The van der Waals surface area contributed by atoms with E-state index in [-0.39, 0.29) is 0 Å². The first kappa shape index (κ1) is 22.3. The van der Waals surface area contributed by atoms with Crippen molar-refractivity contribution in [3.05, 3.63) is 65.2 Å². The lowest BCUT2D eigenvalue weighted by atomic mass is 9.77. The molecule has 2 aromatic rings. The Bertz CT molecular complexity index is 839. The minimum Gasteiger partial charge on any atom is -0.478 e. The van der Waals surface area contributed by atoms with Gasteiger partial charge >= 0.3 is 5.97 Å². The standard InChI is InChI=1S/C28H36O2/c1-3-5-7-9-22-12-19-26(28(29)30)27(20-22)25-17-15-24(16-18-25)23-13-10-21(11-14-23)8-6-4-2/h7,9,12,15-21,23H,3-6,8,10-11,13-14H2,1-2H3,(H,29,30)/b9-7+. The summed E-state index contributed by atoms with van der Waals surface area (Å²) in [4.78, 5) is 11.8. The summed E-state index contributed by atoms with van der Waals surface area (Å²) in [6, 6.07) is 14.3. The summed E-state index contributed by atoms with van der Waals surface area (Å²) in [5.41, 5.74) is 4.61. The molecular weight excluding hydrogens is 368 g/mol. The van der Waals surface area contributed by atoms with E-state index in [1.165, 1.54) is 50.5 Å². The highest BCUT2D eigenvalue weighted by Gasteiger charge is 2.22. The van der Waals surface area contributed by atoms with Crippen LogP contribution in [0.2, 0.25) is 0 Å². The SMILES string of the molecule is CCC/C=C/c1ccc(C(=O)O)c(-c2ccc(C3CCC(CCCC)CC3)cc2)c1. The van der Waals surface area contributed by atoms with Crippen LogP contribution in [0.15, 0.2) is 48.5 Å². The summed E-state index contributed by atoms with van der Waals surface area (Å²) < 4.78 is 0. The zero-order valence-corrected chi connectivity index (χ0v) is 18.6. The van der Waals surface area contributed by atoms with Gasteiger partial charge in [0, 0.05) is 0 Å². The van der Waals surface area contributed by atoms with Gasteiger partial charge in [-0.1, -0.05) is 82.0 Å². The third kappa shape index (κ3) is 5.84. The van der Waals surface area contributed by atoms with E-state index in [4.69, 9.17) is 0 Å². The molecule has 0 spiro atoms. The van der Waals surface area contributed by atoms with Gasteiger partial charge in [0.15, 0.2) is 0 Å². The van der Waals surface area contributed by atoms with Gasteiger partial charge in [0.1, 0.15) is 0 Å². The van der Waals surface area contributed by atoms with Crippen molar-refractivity contribution in [2.24, 2.45) is 5.92 Å². The molecule has 1 saturated carbocycles. The van der Waals surface area contributed by atoms with Crippen molar-refractivity contribution in [1.29, 1.82) is 0 Å². The van der Waals surface area contributed by atoms with E-state index in [1.54, 1.807) is 6.07 Å². The Hall–Kier alpha value is -2.35. The molecule has 0 saturated heterocycles. The molecule has 3 rings (SSSR count). The molecule has 2 heteroatoms. The lowest BCUT2D eigenvalue weighted by Gasteiger charge is -2.29. The van der Waals surface area contributed by atoms with Gasteiger partial charge in [0.25, 0.3) is 0 Å². The maximum Gasteiger partial charge on any atom is 0.336 e. The molecule has 0 atom stereocenters. The van der Waals surface area contributed by atoms with Crippen molar-refractivity contribution in [3.8, 4) is 11.1 Å². The number of benzene rings is 2. The summed E-state index contributed by atoms with van der Waals surface area (Å²) in [7, 11) is 0. The molecule has 2 nitrogen and oxygen atoms in total. The number of allylic oxidation sites excluding steroid dienone is 1. The van der Waals surface area contributed by atoms with Crippen LogP contribution in [-0.4, -0.2) is 11.1 Å². The van der Waals surface area contributed by atoms with Gasteiger partial charge in [0.2, 0.25) is 0 Å². The number of carbonyl (C=O) groups is 1. The molecular formula is C28H36O2. The van der Waals surface area contributed by atoms with E-state index in [0.717, 1.165) is 35.4 Å². The monoisotopic (exact) mass is 404 g/mol. The lowest BCUT2D eigenvalue weighted by Crippen LogP contribution is -2.13. The minimum absolute atomic E-state index is 0.367. The molecule has 0 amide bonds. The number of hydrogen-bond donors (Lipinski definition) is 1. The molecule has 0 unspecified atom stereocenters. The van der Waals surface area contributed by atoms with Crippen LogP contribution < -0.4 is 0 Å². The van der Waals surface area contributed by atoms with Crippen LogP contribution in [-0.2, 0) is 0 Å². The summed E-state index contributed by atoms with van der Waals surface area (Å²) in [6.45, 7) is 4.43. The van der Waals surface area contributed by atoms with Gasteiger partial charge in [-0.2, -0.15) is 0 Å². The van der Waals surface area contributed by atoms with E-state index in [1.807, 2.05) is 12.1 Å². The number of rotatable bonds is 9. The fourth-order valence-corrected chi connectivity index (χ4v) is 4.69. The second kappa shape index (κ2) is 11.2. The van der Waals surface area contributed by atoms with E-state index < -0.39 is 5.97 Å². The van der Waals surface area contributed by atoms with Gasteiger partial charge < -0.3 is 5.11 Å². The average molecular weight is 405 g/mol. The number of carboxylic acids is 1. The molecule has 0 aliphatic heterocycles. The van der Waals surface area contributed by atoms with Crippen LogP contribution in [0.4, 0.5) is 0 Å². The van der Waals surface area contributed by atoms with Crippen molar-refractivity contribution < 1.29 is 9.90 Å². The van der Waals surface area contributed by atoms with Gasteiger partial charge in [0.05, 0.1) is 5.56 Å². The molecule has 0 bridgehead atoms. The molecule has 1 aliphatic carbocycles. The first-order valence-electron chi connectivity index (χ1n) is 11.8. The van der Waals surface area contributed by atoms with E-state index in [0.29, 0.717) is 11.5 Å². The smallest absolute Gasteiger partial charge is 0.336 e. The number of hydrogen-bond acceptors (Lipinski definition) is 1. The first-order valence-corrected chi connectivity index (χ1v) is 11.8. The van der Waals surface area contributed by atoms with Crippen LogP contribution in [0.25, 0.3) is 17.2 Å². The molecule has 1 aliphatic rings. The number of aromatic carboxylic acids is 1. The lowest BCUT2D eigenvalue weighted by molar-refractivity contribution is 0.0697. The Kier molecular flexibility index (Phi) is 8.30. The second-order valence-corrected chi connectivity index (χ2v) is 8.78. The van der Waals surface area contributed by atoms with Crippen LogP contribution in [0.1, 0.15) is 99.0 Å². The molecule has 0 radical (unpaired) electrons. The van der Waals surface area contributed by atoms with Crippen molar-refractivity contribution in [2.45, 2.75) is 77.6 Å². The molecule has 160 valence electrons. The van der Waals surface area contributed by atoms with Gasteiger partial charge in [-0.05, 0) is 78.3 Å². The third-order valence-corrected chi connectivity index (χ3v) is 6.55. The van der Waals surface area contributed by atoms with Crippen molar-refractivity contribution in [2.75, 3.05) is 0 Å². The maximum atomic E-state index is 11.8. The predicted molar refractivity (Wildman–Crippen MR) is 127 cm³/mol.